The third-order valence-corrected chi connectivity index (χ3v) is 2.06. The predicted octanol–water partition coefficient (Wildman–Crippen LogP) is 2.20. The van der Waals surface area contributed by atoms with Gasteiger partial charge in [-0.25, -0.2) is 4.98 Å². The average molecular weight is 201 g/mol. The molecule has 0 spiro atoms. The Morgan fingerprint density at radius 2 is 2.07 bits per heavy atom. The van der Waals surface area contributed by atoms with Gasteiger partial charge in [-0.3, -0.25) is 0 Å². The highest BCUT2D eigenvalue weighted by Crippen LogP contribution is 2.15. The zero-order valence-electron chi connectivity index (χ0n) is 8.22. The summed E-state index contributed by atoms with van der Waals surface area (Å²) in [4.78, 5) is 14.4. The first-order valence-electron chi connectivity index (χ1n) is 4.82. The predicted molar refractivity (Wildman–Crippen MR) is 57.9 cm³/mol. The van der Waals surface area contributed by atoms with Crippen LogP contribution in [0.3, 0.4) is 0 Å². The second-order valence-electron chi connectivity index (χ2n) is 3.15. The largest absolute Gasteiger partial charge is 0.477 e. The van der Waals surface area contributed by atoms with E-state index >= 15 is 0 Å². The molecule has 15 heavy (non-hydrogen) atoms. The standard InChI is InChI=1S/C12H11NO2/c14-8-3-9-15-12-7-6-10-4-1-2-5-11(10)13-12/h1-2,4-8H,3,9H2. The lowest BCUT2D eigenvalue weighted by Gasteiger charge is -2.03. The van der Waals surface area contributed by atoms with Crippen molar-refractivity contribution in [2.24, 2.45) is 0 Å². The monoisotopic (exact) mass is 201 g/mol. The summed E-state index contributed by atoms with van der Waals surface area (Å²) in [5, 5.41) is 1.08. The number of hydrogen-bond donors (Lipinski definition) is 0. The molecule has 0 unspecified atom stereocenters. The molecule has 0 bridgehead atoms. The molecule has 0 saturated carbocycles. The van der Waals surface area contributed by atoms with Crippen LogP contribution in [0.15, 0.2) is 36.4 Å². The molecule has 2 aromatic rings. The van der Waals surface area contributed by atoms with Crippen LogP contribution >= 0.6 is 0 Å². The van der Waals surface area contributed by atoms with Gasteiger partial charge in [0, 0.05) is 17.9 Å². The Kier molecular flexibility index (Phi) is 2.93. The first-order chi connectivity index (χ1) is 7.40. The van der Waals surface area contributed by atoms with Crippen LogP contribution in [-0.2, 0) is 4.79 Å². The molecule has 0 saturated heterocycles. The summed E-state index contributed by atoms with van der Waals surface area (Å²) < 4.78 is 5.31. The molecule has 3 heteroatoms. The van der Waals surface area contributed by atoms with E-state index in [1.165, 1.54) is 0 Å². The minimum absolute atomic E-state index is 0.384. The van der Waals surface area contributed by atoms with Gasteiger partial charge in [0.1, 0.15) is 6.29 Å². The Bertz CT molecular complexity index is 468. The summed E-state index contributed by atoms with van der Waals surface area (Å²) >= 11 is 0. The Hall–Kier alpha value is -1.90. The highest BCUT2D eigenvalue weighted by molar-refractivity contribution is 5.78. The summed E-state index contributed by atoms with van der Waals surface area (Å²) in [5.74, 6) is 0.565. The van der Waals surface area contributed by atoms with Crippen LogP contribution in [0.1, 0.15) is 6.42 Å². The average Bonchev–Trinajstić information content (AvgIpc) is 2.29. The first kappa shape index (κ1) is 9.65. The molecule has 0 fully saturated rings. The fourth-order valence-corrected chi connectivity index (χ4v) is 1.34. The summed E-state index contributed by atoms with van der Waals surface area (Å²) in [5.41, 5.74) is 0.904. The third-order valence-electron chi connectivity index (χ3n) is 2.06. The molecular formula is C12H11NO2. The van der Waals surface area contributed by atoms with Gasteiger partial charge in [0.25, 0.3) is 0 Å². The van der Waals surface area contributed by atoms with Crippen LogP contribution in [-0.4, -0.2) is 17.9 Å². The lowest BCUT2D eigenvalue weighted by molar-refractivity contribution is -0.108. The van der Waals surface area contributed by atoms with E-state index in [1.807, 2.05) is 36.4 Å². The van der Waals surface area contributed by atoms with E-state index in [1.54, 1.807) is 0 Å². The van der Waals surface area contributed by atoms with Crippen molar-refractivity contribution in [1.29, 1.82) is 0 Å². The van der Waals surface area contributed by atoms with E-state index in [0.717, 1.165) is 17.2 Å². The number of aromatic nitrogens is 1. The summed E-state index contributed by atoms with van der Waals surface area (Å²) in [6, 6.07) is 11.6. The Labute approximate surface area is 87.7 Å². The smallest absolute Gasteiger partial charge is 0.213 e. The molecule has 3 nitrogen and oxygen atoms in total. The number of fused-ring (bicyclic) bond motifs is 1. The Morgan fingerprint density at radius 1 is 1.20 bits per heavy atom. The van der Waals surface area contributed by atoms with Crippen LogP contribution in [0.4, 0.5) is 0 Å². The second-order valence-corrected chi connectivity index (χ2v) is 3.15. The van der Waals surface area contributed by atoms with Crippen molar-refractivity contribution in [3.63, 3.8) is 0 Å². The van der Waals surface area contributed by atoms with E-state index < -0.39 is 0 Å². The number of carbonyl (C=O) groups is 1. The lowest BCUT2D eigenvalue weighted by atomic mass is 10.2. The summed E-state index contributed by atoms with van der Waals surface area (Å²) in [7, 11) is 0. The van der Waals surface area contributed by atoms with Gasteiger partial charge in [-0.2, -0.15) is 0 Å². The highest BCUT2D eigenvalue weighted by Gasteiger charge is 1.97. The minimum atomic E-state index is 0.384. The number of rotatable bonds is 4. The molecule has 0 aliphatic heterocycles. The Morgan fingerprint density at radius 3 is 2.93 bits per heavy atom. The fraction of sp³-hybridized carbons (Fsp3) is 0.167. The number of para-hydroxylation sites is 1. The van der Waals surface area contributed by atoms with Crippen molar-refractivity contribution in [1.82, 2.24) is 4.98 Å². The minimum Gasteiger partial charge on any atom is -0.477 e. The van der Waals surface area contributed by atoms with Crippen molar-refractivity contribution in [3.05, 3.63) is 36.4 Å². The van der Waals surface area contributed by atoms with Crippen LogP contribution in [0.2, 0.25) is 0 Å². The topological polar surface area (TPSA) is 39.2 Å². The van der Waals surface area contributed by atoms with Crippen LogP contribution in [0.5, 0.6) is 5.88 Å². The van der Waals surface area contributed by atoms with E-state index in [9.17, 15) is 4.79 Å². The zero-order valence-corrected chi connectivity index (χ0v) is 8.22. The molecule has 1 aromatic heterocycles. The van der Waals surface area contributed by atoms with Gasteiger partial charge >= 0.3 is 0 Å². The van der Waals surface area contributed by atoms with Gasteiger partial charge in [-0.1, -0.05) is 18.2 Å². The third kappa shape index (κ3) is 2.31. The van der Waals surface area contributed by atoms with Crippen LogP contribution in [0.25, 0.3) is 10.9 Å². The normalized spacial score (nSPS) is 10.1. The van der Waals surface area contributed by atoms with Gasteiger partial charge in [-0.05, 0) is 12.1 Å². The zero-order chi connectivity index (χ0) is 10.5. The molecule has 1 heterocycles. The molecule has 0 radical (unpaired) electrons. The SMILES string of the molecule is O=CCCOc1ccc2ccccc2n1. The van der Waals surface area contributed by atoms with Crippen LogP contribution in [0, 0.1) is 0 Å². The molecule has 2 rings (SSSR count). The van der Waals surface area contributed by atoms with Gasteiger partial charge in [0.2, 0.25) is 5.88 Å². The summed E-state index contributed by atoms with van der Waals surface area (Å²) in [6.45, 7) is 0.384. The molecule has 0 aliphatic rings. The van der Waals surface area contributed by atoms with Gasteiger partial charge < -0.3 is 9.53 Å². The molecule has 0 atom stereocenters. The second kappa shape index (κ2) is 4.55. The van der Waals surface area contributed by atoms with Crippen LogP contribution < -0.4 is 4.74 Å². The number of benzene rings is 1. The summed E-state index contributed by atoms with van der Waals surface area (Å²) in [6.07, 6.45) is 1.23. The fourth-order valence-electron chi connectivity index (χ4n) is 1.34. The van der Waals surface area contributed by atoms with Gasteiger partial charge in [-0.15, -0.1) is 0 Å². The molecule has 0 N–H and O–H groups in total. The molecule has 76 valence electrons. The van der Waals surface area contributed by atoms with Gasteiger partial charge in [0.05, 0.1) is 12.1 Å². The maximum atomic E-state index is 10.1. The lowest BCUT2D eigenvalue weighted by Crippen LogP contribution is -1.99. The van der Waals surface area contributed by atoms with Crippen molar-refractivity contribution >= 4 is 17.2 Å². The quantitative estimate of drug-likeness (QED) is 0.562. The number of hydrogen-bond acceptors (Lipinski definition) is 3. The number of ether oxygens (including phenoxy) is 1. The molecule has 0 aliphatic carbocycles. The number of aldehydes is 1. The van der Waals surface area contributed by atoms with Crippen molar-refractivity contribution < 1.29 is 9.53 Å². The van der Waals surface area contributed by atoms with E-state index in [0.29, 0.717) is 18.9 Å². The highest BCUT2D eigenvalue weighted by atomic mass is 16.5. The van der Waals surface area contributed by atoms with Crippen molar-refractivity contribution in [2.75, 3.05) is 6.61 Å². The maximum absolute atomic E-state index is 10.1. The molecule has 0 amide bonds. The number of carbonyl (C=O) groups excluding carboxylic acids is 1. The van der Waals surface area contributed by atoms with E-state index in [2.05, 4.69) is 4.98 Å². The molecular weight excluding hydrogens is 190 g/mol. The first-order valence-corrected chi connectivity index (χ1v) is 4.82. The molecule has 1 aromatic carbocycles. The van der Waals surface area contributed by atoms with Gasteiger partial charge in [0.15, 0.2) is 0 Å². The Balaban J connectivity index is 2.19. The van der Waals surface area contributed by atoms with Crippen molar-refractivity contribution in [3.8, 4) is 5.88 Å². The van der Waals surface area contributed by atoms with E-state index in [-0.39, 0.29) is 0 Å². The number of pyridine rings is 1. The van der Waals surface area contributed by atoms with Crippen molar-refractivity contribution in [2.45, 2.75) is 6.42 Å². The maximum Gasteiger partial charge on any atom is 0.213 e. The van der Waals surface area contributed by atoms with E-state index in [4.69, 9.17) is 4.74 Å². The number of nitrogens with zero attached hydrogens (tertiary/aromatic N) is 1.